The van der Waals surface area contributed by atoms with E-state index in [4.69, 9.17) is 37.3 Å². The molecule has 0 amide bonds. The molecule has 8 aromatic carbocycles. The lowest BCUT2D eigenvalue weighted by molar-refractivity contribution is -2.00. The van der Waals surface area contributed by atoms with E-state index in [1.807, 2.05) is 0 Å². The molecule has 0 unspecified atom stereocenters. The van der Waals surface area contributed by atoms with Crippen LogP contribution in [0, 0.1) is 20.5 Å². The lowest BCUT2D eigenvalue weighted by atomic mass is 9.85. The number of aryl methyl sites for hydroxylation is 2. The van der Waals surface area contributed by atoms with Gasteiger partial charge in [-0.1, -0.05) is 177 Å². The van der Waals surface area contributed by atoms with Gasteiger partial charge in [0.25, 0.3) is 0 Å². The van der Waals surface area contributed by atoms with Crippen molar-refractivity contribution in [2.24, 2.45) is 0 Å². The maximum Gasteiger partial charge on any atom is 0.206 e. The Labute approximate surface area is 450 Å². The van der Waals surface area contributed by atoms with Crippen molar-refractivity contribution in [2.45, 2.75) is 13.1 Å². The Morgan fingerprint density at radius 3 is 0.730 bits per heavy atom. The number of aromatic nitrogens is 2. The first-order valence-corrected chi connectivity index (χ1v) is 26.9. The van der Waals surface area contributed by atoms with Gasteiger partial charge in [-0.15, -0.1) is 20.5 Å². The van der Waals surface area contributed by atoms with Crippen molar-refractivity contribution in [3.8, 4) is 89.0 Å². The highest BCUT2D eigenvalue weighted by molar-refractivity contribution is 9.10. The van der Waals surface area contributed by atoms with Gasteiger partial charge in [-0.05, 0) is 138 Å². The van der Waals surface area contributed by atoms with Gasteiger partial charge >= 0.3 is 0 Å². The molecule has 0 N–H and O–H groups in total. The molecule has 0 aliphatic carbocycles. The van der Waals surface area contributed by atoms with Crippen LogP contribution in [0.15, 0.2) is 252 Å². The van der Waals surface area contributed by atoms with Gasteiger partial charge in [0.15, 0.2) is 24.8 Å². The largest absolute Gasteiger partial charge is 0.222 e. The van der Waals surface area contributed by atoms with Crippen LogP contribution < -0.4 is 46.4 Å². The summed E-state index contributed by atoms with van der Waals surface area (Å²) in [6, 6.07) is 78.8. The average Bonchev–Trinajstić information content (AvgIpc) is 3.41. The number of halogens is 4. The Kier molecular flexibility index (Phi) is 17.8. The molecule has 370 valence electrons. The average molecular weight is 1150 g/mol. The smallest absolute Gasteiger partial charge is 0.206 e. The Hall–Kier alpha value is -6.72. The zero-order valence-corrected chi connectivity index (χ0v) is 43.9. The summed E-state index contributed by atoms with van der Waals surface area (Å²) in [6.07, 6.45) is 8.90. The summed E-state index contributed by atoms with van der Waals surface area (Å²) in [5.41, 5.74) is 19.2. The van der Waals surface area contributed by atoms with Crippen molar-refractivity contribution in [1.82, 2.24) is 0 Å². The fourth-order valence-corrected chi connectivity index (χ4v) is 9.21. The molecule has 14 heteroatoms. The van der Waals surface area contributed by atoms with Crippen molar-refractivity contribution in [3.63, 3.8) is 0 Å². The lowest BCUT2D eigenvalue weighted by Crippen LogP contribution is -2.68. The van der Waals surface area contributed by atoms with E-state index in [0.29, 0.717) is 0 Å². The third kappa shape index (κ3) is 15.0. The first-order chi connectivity index (χ1) is 35.5. The first kappa shape index (κ1) is 53.6. The number of benzene rings is 8. The summed E-state index contributed by atoms with van der Waals surface area (Å²) < 4.78 is 74.7. The van der Waals surface area contributed by atoms with Crippen LogP contribution in [0.1, 0.15) is 0 Å². The van der Waals surface area contributed by atoms with Gasteiger partial charge in [0.1, 0.15) is 0 Å². The van der Waals surface area contributed by atoms with Gasteiger partial charge in [-0.2, -0.15) is 9.13 Å². The second-order valence-corrected chi connectivity index (χ2v) is 20.1. The number of pyridine rings is 2. The number of hydrogen-bond acceptors (Lipinski definition) is 8. The molecule has 2 aromatic heterocycles. The van der Waals surface area contributed by atoms with E-state index >= 15 is 0 Å². The van der Waals surface area contributed by atoms with Crippen LogP contribution in [0.3, 0.4) is 0 Å². The molecule has 0 fully saturated rings. The molecule has 74 heavy (non-hydrogen) atoms. The van der Waals surface area contributed by atoms with Gasteiger partial charge in [-0.3, -0.25) is 0 Å². The van der Waals surface area contributed by atoms with Gasteiger partial charge in [-0.25, -0.2) is 37.3 Å². The highest BCUT2D eigenvalue weighted by Gasteiger charge is 2.21. The molecule has 10 aromatic rings. The van der Waals surface area contributed by atoms with Gasteiger partial charge in [0.2, 0.25) is 13.1 Å². The van der Waals surface area contributed by atoms with E-state index in [9.17, 15) is 0 Å². The third-order valence-electron chi connectivity index (χ3n) is 11.9. The molecule has 0 spiro atoms. The summed E-state index contributed by atoms with van der Waals surface area (Å²) in [5, 5.41) is 0. The van der Waals surface area contributed by atoms with Crippen molar-refractivity contribution >= 4 is 31.9 Å². The second kappa shape index (κ2) is 24.5. The lowest BCUT2D eigenvalue weighted by Gasteiger charge is -2.19. The van der Waals surface area contributed by atoms with Crippen LogP contribution in [-0.4, -0.2) is 0 Å². The molecule has 0 radical (unpaired) electrons. The maximum absolute atomic E-state index is 8.49. The number of hydrogen-bond donors (Lipinski definition) is 0. The van der Waals surface area contributed by atoms with E-state index in [2.05, 4.69) is 284 Å². The van der Waals surface area contributed by atoms with Crippen molar-refractivity contribution in [2.75, 3.05) is 0 Å². The standard InChI is InChI=1S/C60H44Br2N2.2ClHO4/c61-53-25-21-43(22-26-53)51-39-55(45-13-5-1-6-14-45)59(56(40-51)46-15-7-2-8-16-46)49-29-33-63(34-30-49)37-38-64-35-31-50(32-36-64)60-57(47-17-9-3-10-18-47)41-52(44-23-27-54(62)28-24-44)42-58(60)48-19-11-4-12-20-48;2*2-1(3,4)5/h1-36,39-42H,37-38H2;2*(H,2,3,4,5)/q+2;;/p-2. The van der Waals surface area contributed by atoms with Crippen LogP contribution in [0.2, 0.25) is 0 Å². The van der Waals surface area contributed by atoms with Gasteiger partial charge in [0, 0.05) is 33.2 Å². The third-order valence-corrected chi connectivity index (χ3v) is 13.0. The topological polar surface area (TPSA) is 192 Å². The Balaban J connectivity index is 0.000000667. The zero-order valence-electron chi connectivity index (χ0n) is 39.2. The minimum atomic E-state index is -4.94. The quantitative estimate of drug-likeness (QED) is 0.135. The zero-order chi connectivity index (χ0) is 52.2. The van der Waals surface area contributed by atoms with Crippen molar-refractivity contribution < 1.29 is 66.9 Å². The highest BCUT2D eigenvalue weighted by Crippen LogP contribution is 2.45. The maximum atomic E-state index is 8.49. The SMILES string of the molecule is Brc1ccc(-c2cc(-c3ccccc3)c(-c3cc[n+](CC[n+]4ccc(-c5c(-c6ccccc6)cc(-c6ccc(Br)cc6)cc5-c5ccccc5)cc4)cc3)c(-c3ccccc3)c2)cc1.[O-][Cl+3]([O-])([O-])[O-].[O-][Cl+3]([O-])([O-])[O-]. The Bertz CT molecular complexity index is 3040. The van der Waals surface area contributed by atoms with Crippen LogP contribution in [0.25, 0.3) is 89.0 Å². The van der Waals surface area contributed by atoms with E-state index in [0.717, 1.165) is 22.0 Å². The molecule has 0 saturated heterocycles. The van der Waals surface area contributed by atoms with E-state index in [1.54, 1.807) is 0 Å². The van der Waals surface area contributed by atoms with E-state index in [-0.39, 0.29) is 0 Å². The van der Waals surface area contributed by atoms with Crippen LogP contribution in [-0.2, 0) is 13.1 Å². The molecule has 0 aliphatic heterocycles. The van der Waals surface area contributed by atoms with Gasteiger partial charge in [0.05, 0.1) is 0 Å². The normalized spacial score (nSPS) is 11.2. The van der Waals surface area contributed by atoms with E-state index < -0.39 is 20.5 Å². The number of nitrogens with zero attached hydrogens (tertiary/aromatic N) is 2. The molecule has 2 heterocycles. The minimum absolute atomic E-state index is 0.830. The van der Waals surface area contributed by atoms with Crippen LogP contribution >= 0.6 is 31.9 Å². The second-order valence-electron chi connectivity index (χ2n) is 16.8. The summed E-state index contributed by atoms with van der Waals surface area (Å²) in [5.74, 6) is 0. The highest BCUT2D eigenvalue weighted by atomic mass is 79.9. The predicted octanol–water partition coefficient (Wildman–Crippen LogP) is 6.31. The van der Waals surface area contributed by atoms with E-state index in [1.165, 1.54) is 89.0 Å². The first-order valence-electron chi connectivity index (χ1n) is 22.9. The van der Waals surface area contributed by atoms with Crippen molar-refractivity contribution in [1.29, 1.82) is 0 Å². The fraction of sp³-hybridized carbons (Fsp3) is 0.0333. The predicted molar refractivity (Wildman–Crippen MR) is 272 cm³/mol. The molecule has 0 aliphatic rings. The molecule has 0 bridgehead atoms. The summed E-state index contributed by atoms with van der Waals surface area (Å²) in [6.45, 7) is 1.66. The Morgan fingerprint density at radius 1 is 0.270 bits per heavy atom. The molecule has 0 saturated carbocycles. The number of rotatable bonds is 11. The van der Waals surface area contributed by atoms with Crippen molar-refractivity contribution in [3.05, 3.63) is 252 Å². The summed E-state index contributed by atoms with van der Waals surface area (Å²) in [7, 11) is -9.89. The monoisotopic (exact) mass is 1150 g/mol. The molecular weight excluding hydrogens is 1110 g/mol. The van der Waals surface area contributed by atoms with Crippen LogP contribution in [0.4, 0.5) is 0 Å². The van der Waals surface area contributed by atoms with Crippen LogP contribution in [0.5, 0.6) is 0 Å². The minimum Gasteiger partial charge on any atom is -0.222 e. The Morgan fingerprint density at radius 2 is 0.500 bits per heavy atom. The van der Waals surface area contributed by atoms with Gasteiger partial charge < -0.3 is 0 Å². The molecular formula is C60H44Br2Cl2N2O8. The molecule has 10 nitrogen and oxygen atoms in total. The molecule has 0 atom stereocenters. The summed E-state index contributed by atoms with van der Waals surface area (Å²) >= 11 is 7.26. The fourth-order valence-electron chi connectivity index (χ4n) is 8.68. The summed E-state index contributed by atoms with van der Waals surface area (Å²) in [4.78, 5) is 0. The molecule has 10 rings (SSSR count).